The van der Waals surface area contributed by atoms with E-state index in [0.717, 1.165) is 18.5 Å². The normalized spacial score (nSPS) is 12.2. The van der Waals surface area contributed by atoms with Crippen molar-refractivity contribution in [2.75, 3.05) is 13.2 Å². The maximum atomic E-state index is 9.28. The number of benzene rings is 1. The molecule has 3 heteroatoms. The fraction of sp³-hybridized carbons (Fsp3) is 0.538. The first kappa shape index (κ1) is 15.4. The molecule has 0 fully saturated rings. The molecule has 0 heterocycles. The van der Waals surface area contributed by atoms with Gasteiger partial charge in [-0.05, 0) is 24.4 Å². The Hall–Kier alpha value is -0.570. The quantitative estimate of drug-likeness (QED) is 0.805. The first-order valence-corrected chi connectivity index (χ1v) is 5.63. The minimum Gasteiger partial charge on any atom is -0.394 e. The van der Waals surface area contributed by atoms with Gasteiger partial charge in [0.25, 0.3) is 0 Å². The minimum absolute atomic E-state index is 0. The molecular weight excluding hydrogens is 222 g/mol. The predicted molar refractivity (Wildman–Crippen MR) is 71.0 cm³/mol. The van der Waals surface area contributed by atoms with Crippen LogP contribution in [0.4, 0.5) is 0 Å². The Morgan fingerprint density at radius 3 is 2.31 bits per heavy atom. The first-order valence-electron chi connectivity index (χ1n) is 5.63. The second kappa shape index (κ2) is 8.57. The Morgan fingerprint density at radius 1 is 1.19 bits per heavy atom. The van der Waals surface area contributed by atoms with Gasteiger partial charge in [0.2, 0.25) is 0 Å². The van der Waals surface area contributed by atoms with Gasteiger partial charge >= 0.3 is 0 Å². The fourth-order valence-electron chi connectivity index (χ4n) is 1.52. The lowest BCUT2D eigenvalue weighted by molar-refractivity contribution is 0.243. The van der Waals surface area contributed by atoms with Crippen LogP contribution in [0.15, 0.2) is 30.3 Å². The molecule has 16 heavy (non-hydrogen) atoms. The molecule has 2 N–H and O–H groups in total. The summed E-state index contributed by atoms with van der Waals surface area (Å²) in [5.41, 5.74) is 1.16. The number of rotatable bonds is 6. The molecule has 1 aromatic rings. The third kappa shape index (κ3) is 5.50. The van der Waals surface area contributed by atoms with Crippen LogP contribution in [0.25, 0.3) is 0 Å². The Kier molecular flexibility index (Phi) is 8.26. The zero-order chi connectivity index (χ0) is 11.1. The number of hydrogen-bond donors (Lipinski definition) is 2. The second-order valence-corrected chi connectivity index (χ2v) is 4.28. The maximum absolute atomic E-state index is 9.28. The Bertz CT molecular complexity index is 264. The van der Waals surface area contributed by atoms with Gasteiger partial charge in [0.15, 0.2) is 0 Å². The van der Waals surface area contributed by atoms with Gasteiger partial charge in [-0.2, -0.15) is 0 Å². The second-order valence-electron chi connectivity index (χ2n) is 4.28. The van der Waals surface area contributed by atoms with E-state index in [0.29, 0.717) is 5.92 Å². The molecule has 0 saturated heterocycles. The lowest BCUT2D eigenvalue weighted by atomic mass is 10.1. The minimum atomic E-state index is 0. The van der Waals surface area contributed by atoms with Crippen molar-refractivity contribution < 1.29 is 5.11 Å². The molecule has 0 unspecified atom stereocenters. The van der Waals surface area contributed by atoms with Gasteiger partial charge < -0.3 is 10.4 Å². The van der Waals surface area contributed by atoms with E-state index in [2.05, 4.69) is 19.2 Å². The van der Waals surface area contributed by atoms with Crippen molar-refractivity contribution in [3.8, 4) is 0 Å². The average molecular weight is 244 g/mol. The third-order valence-electron chi connectivity index (χ3n) is 2.50. The van der Waals surface area contributed by atoms with Crippen molar-refractivity contribution in [1.82, 2.24) is 5.32 Å². The Morgan fingerprint density at radius 2 is 1.81 bits per heavy atom. The predicted octanol–water partition coefficient (Wildman–Crippen LogP) is 2.78. The zero-order valence-electron chi connectivity index (χ0n) is 10.0. The molecule has 0 bridgehead atoms. The van der Waals surface area contributed by atoms with E-state index in [1.165, 1.54) is 0 Å². The maximum Gasteiger partial charge on any atom is 0.0626 e. The molecule has 0 radical (unpaired) electrons. The van der Waals surface area contributed by atoms with E-state index in [4.69, 9.17) is 0 Å². The molecule has 0 aliphatic carbocycles. The zero-order valence-corrected chi connectivity index (χ0v) is 10.8. The molecule has 1 rings (SSSR count). The van der Waals surface area contributed by atoms with Gasteiger partial charge in [-0.3, -0.25) is 0 Å². The lowest BCUT2D eigenvalue weighted by Crippen LogP contribution is -2.26. The van der Waals surface area contributed by atoms with E-state index in [1.54, 1.807) is 0 Å². The van der Waals surface area contributed by atoms with Gasteiger partial charge in [0, 0.05) is 0 Å². The van der Waals surface area contributed by atoms with Crippen molar-refractivity contribution in [3.63, 3.8) is 0 Å². The number of aliphatic hydroxyl groups excluding tert-OH is 1. The van der Waals surface area contributed by atoms with Crippen LogP contribution in [-0.4, -0.2) is 18.3 Å². The highest BCUT2D eigenvalue weighted by Crippen LogP contribution is 2.11. The summed E-state index contributed by atoms with van der Waals surface area (Å²) in [6, 6.07) is 10.2. The molecule has 0 aliphatic heterocycles. The van der Waals surface area contributed by atoms with Crippen LogP contribution in [0.3, 0.4) is 0 Å². The summed E-state index contributed by atoms with van der Waals surface area (Å²) < 4.78 is 0. The summed E-state index contributed by atoms with van der Waals surface area (Å²) in [7, 11) is 0. The van der Waals surface area contributed by atoms with Crippen molar-refractivity contribution in [3.05, 3.63) is 35.9 Å². The molecule has 0 spiro atoms. The summed E-state index contributed by atoms with van der Waals surface area (Å²) in [6.45, 7) is 5.52. The molecule has 0 aromatic heterocycles. The number of halogens is 1. The van der Waals surface area contributed by atoms with Gasteiger partial charge in [-0.1, -0.05) is 44.2 Å². The van der Waals surface area contributed by atoms with Crippen LogP contribution >= 0.6 is 12.4 Å². The van der Waals surface area contributed by atoms with E-state index in [-0.39, 0.29) is 25.1 Å². The monoisotopic (exact) mass is 243 g/mol. The topological polar surface area (TPSA) is 32.3 Å². The molecular formula is C13H22ClNO. The summed E-state index contributed by atoms with van der Waals surface area (Å²) in [4.78, 5) is 0. The molecule has 1 aromatic carbocycles. The fourth-order valence-corrected chi connectivity index (χ4v) is 1.52. The van der Waals surface area contributed by atoms with Gasteiger partial charge in [-0.15, -0.1) is 12.4 Å². The standard InChI is InChI=1S/C13H21NO.ClH/c1-11(2)8-9-14-13(10-15)12-6-4-3-5-7-12;/h3-7,11,13-15H,8-10H2,1-2H3;1H/t13-;/m0./s1. The summed E-state index contributed by atoms with van der Waals surface area (Å²) in [5.74, 6) is 0.701. The molecule has 2 nitrogen and oxygen atoms in total. The smallest absolute Gasteiger partial charge is 0.0626 e. The van der Waals surface area contributed by atoms with E-state index in [1.807, 2.05) is 30.3 Å². The molecule has 0 amide bonds. The van der Waals surface area contributed by atoms with E-state index >= 15 is 0 Å². The summed E-state index contributed by atoms with van der Waals surface area (Å²) >= 11 is 0. The Balaban J connectivity index is 0.00000225. The number of aliphatic hydroxyl groups is 1. The number of hydrogen-bond acceptors (Lipinski definition) is 2. The molecule has 92 valence electrons. The van der Waals surface area contributed by atoms with E-state index < -0.39 is 0 Å². The molecule has 0 saturated carbocycles. The van der Waals surface area contributed by atoms with Crippen molar-refractivity contribution in [2.45, 2.75) is 26.3 Å². The van der Waals surface area contributed by atoms with Crippen LogP contribution < -0.4 is 5.32 Å². The summed E-state index contributed by atoms with van der Waals surface area (Å²) in [6.07, 6.45) is 1.14. The van der Waals surface area contributed by atoms with Crippen LogP contribution in [0.2, 0.25) is 0 Å². The van der Waals surface area contributed by atoms with Crippen LogP contribution in [-0.2, 0) is 0 Å². The van der Waals surface area contributed by atoms with Gasteiger partial charge in [0.05, 0.1) is 12.6 Å². The van der Waals surface area contributed by atoms with E-state index in [9.17, 15) is 5.11 Å². The van der Waals surface area contributed by atoms with Crippen molar-refractivity contribution >= 4 is 12.4 Å². The van der Waals surface area contributed by atoms with Crippen LogP contribution in [0.1, 0.15) is 31.9 Å². The van der Waals surface area contributed by atoms with Crippen LogP contribution in [0, 0.1) is 5.92 Å². The van der Waals surface area contributed by atoms with Crippen molar-refractivity contribution in [2.24, 2.45) is 5.92 Å². The molecule has 0 aliphatic rings. The lowest BCUT2D eigenvalue weighted by Gasteiger charge is -2.17. The first-order chi connectivity index (χ1) is 7.24. The van der Waals surface area contributed by atoms with Crippen molar-refractivity contribution in [1.29, 1.82) is 0 Å². The van der Waals surface area contributed by atoms with Crippen LogP contribution in [0.5, 0.6) is 0 Å². The largest absolute Gasteiger partial charge is 0.394 e. The highest BCUT2D eigenvalue weighted by atomic mass is 35.5. The Labute approximate surface area is 104 Å². The highest BCUT2D eigenvalue weighted by Gasteiger charge is 2.08. The van der Waals surface area contributed by atoms with Gasteiger partial charge in [0.1, 0.15) is 0 Å². The molecule has 1 atom stereocenters. The number of nitrogens with one attached hydrogen (secondary N) is 1. The van der Waals surface area contributed by atoms with Gasteiger partial charge in [-0.25, -0.2) is 0 Å². The highest BCUT2D eigenvalue weighted by molar-refractivity contribution is 5.85. The third-order valence-corrected chi connectivity index (χ3v) is 2.50. The average Bonchev–Trinajstić information content (AvgIpc) is 2.25. The summed E-state index contributed by atoms with van der Waals surface area (Å²) in [5, 5.41) is 12.6. The SMILES string of the molecule is CC(C)CCN[C@@H](CO)c1ccccc1.Cl.